The molecule has 0 saturated heterocycles. The van der Waals surface area contributed by atoms with Gasteiger partial charge in [-0.3, -0.25) is 4.90 Å². The third kappa shape index (κ3) is 7.62. The summed E-state index contributed by atoms with van der Waals surface area (Å²) in [5.74, 6) is 0. The molecule has 0 bridgehead atoms. The maximum Gasteiger partial charge on any atom is 0.412 e. The van der Waals surface area contributed by atoms with Gasteiger partial charge in [-0.25, -0.2) is 9.18 Å². The van der Waals surface area contributed by atoms with Crippen molar-refractivity contribution < 1.29 is 18.3 Å². The van der Waals surface area contributed by atoms with Gasteiger partial charge in [0.2, 0.25) is 0 Å². The first-order chi connectivity index (χ1) is 9.30. The Morgan fingerprint density at radius 2 is 1.71 bits per heavy atom. The first kappa shape index (κ1) is 20.1. The molecule has 0 aromatic rings. The van der Waals surface area contributed by atoms with Gasteiger partial charge in [0.15, 0.2) is 8.32 Å². The number of ether oxygens (including phenoxy) is 1. The summed E-state index contributed by atoms with van der Waals surface area (Å²) in [7, 11) is -1.98. The molecule has 21 heavy (non-hydrogen) atoms. The largest absolute Gasteiger partial charge is 0.444 e. The van der Waals surface area contributed by atoms with Gasteiger partial charge in [-0.05, 0) is 45.0 Å². The van der Waals surface area contributed by atoms with Crippen LogP contribution in [-0.4, -0.2) is 38.2 Å². The van der Waals surface area contributed by atoms with Gasteiger partial charge in [-0.2, -0.15) is 0 Å². The summed E-state index contributed by atoms with van der Waals surface area (Å²) in [4.78, 5) is 13.5. The van der Waals surface area contributed by atoms with Gasteiger partial charge in [-0.15, -0.1) is 0 Å². The maximum atomic E-state index is 12.2. The quantitative estimate of drug-likeness (QED) is 0.545. The zero-order chi connectivity index (χ0) is 16.9. The van der Waals surface area contributed by atoms with E-state index < -0.39 is 20.0 Å². The van der Waals surface area contributed by atoms with Crippen molar-refractivity contribution in [3.8, 4) is 0 Å². The molecule has 0 fully saturated rings. The molecule has 4 nitrogen and oxygen atoms in total. The van der Waals surface area contributed by atoms with Crippen molar-refractivity contribution in [3.63, 3.8) is 0 Å². The monoisotopic (exact) mass is 319 g/mol. The highest BCUT2D eigenvalue weighted by Gasteiger charge is 2.38. The van der Waals surface area contributed by atoms with Crippen molar-refractivity contribution >= 4 is 14.4 Å². The van der Waals surface area contributed by atoms with E-state index in [1.807, 2.05) is 0 Å². The van der Waals surface area contributed by atoms with E-state index in [9.17, 15) is 9.18 Å². The van der Waals surface area contributed by atoms with Crippen LogP contribution in [-0.2, 0) is 9.16 Å². The molecule has 124 valence electrons. The van der Waals surface area contributed by atoms with Crippen molar-refractivity contribution in [3.05, 3.63) is 12.4 Å². The number of carbonyl (C=O) groups is 1. The van der Waals surface area contributed by atoms with Crippen LogP contribution in [0.2, 0.25) is 18.1 Å². The standard InChI is InChI=1S/C15H30FNO3Si/c1-14(2,3)20-13(18)17(11-9-10-16)12-19-21(7,8)15(4,5)6/h9-10H,11-12H2,1-8H3. The van der Waals surface area contributed by atoms with Crippen molar-refractivity contribution in [1.82, 2.24) is 4.90 Å². The molecule has 0 radical (unpaired) electrons. The molecule has 0 spiro atoms. The first-order valence-electron chi connectivity index (χ1n) is 7.17. The minimum Gasteiger partial charge on any atom is -0.444 e. The maximum absolute atomic E-state index is 12.2. The van der Waals surface area contributed by atoms with Gasteiger partial charge in [0.05, 0.1) is 6.33 Å². The predicted molar refractivity (Wildman–Crippen MR) is 86.3 cm³/mol. The van der Waals surface area contributed by atoms with Gasteiger partial charge >= 0.3 is 6.09 Å². The minimum atomic E-state index is -1.98. The summed E-state index contributed by atoms with van der Waals surface area (Å²) in [5.41, 5.74) is -0.592. The fourth-order valence-corrected chi connectivity index (χ4v) is 2.04. The van der Waals surface area contributed by atoms with Crippen LogP contribution in [0.25, 0.3) is 0 Å². The SMILES string of the molecule is CC(C)(C)OC(=O)N(CC=CF)CO[Si](C)(C)C(C)(C)C. The molecule has 0 N–H and O–H groups in total. The summed E-state index contributed by atoms with van der Waals surface area (Å²) < 4.78 is 23.5. The number of carbonyl (C=O) groups excluding carboxylic acids is 1. The highest BCUT2D eigenvalue weighted by molar-refractivity contribution is 6.74. The third-order valence-electron chi connectivity index (χ3n) is 3.45. The van der Waals surface area contributed by atoms with Crippen LogP contribution in [0.1, 0.15) is 41.5 Å². The molecule has 0 aliphatic heterocycles. The van der Waals surface area contributed by atoms with E-state index in [4.69, 9.17) is 9.16 Å². The molecule has 0 aliphatic carbocycles. The number of nitrogens with zero attached hydrogens (tertiary/aromatic N) is 1. The second-order valence-corrected chi connectivity index (χ2v) is 12.4. The van der Waals surface area contributed by atoms with E-state index >= 15 is 0 Å². The molecular formula is C15H30FNO3Si. The number of rotatable bonds is 5. The van der Waals surface area contributed by atoms with E-state index in [0.29, 0.717) is 6.33 Å². The average molecular weight is 319 g/mol. The number of hydrogen-bond acceptors (Lipinski definition) is 3. The van der Waals surface area contributed by atoms with E-state index in [0.717, 1.165) is 0 Å². The molecule has 0 rings (SSSR count). The lowest BCUT2D eigenvalue weighted by Crippen LogP contribution is -2.46. The van der Waals surface area contributed by atoms with Crippen molar-refractivity contribution in [2.45, 2.75) is 65.3 Å². The molecule has 0 aliphatic rings. The molecule has 0 heterocycles. The van der Waals surface area contributed by atoms with Gasteiger partial charge in [-0.1, -0.05) is 20.8 Å². The highest BCUT2D eigenvalue weighted by atomic mass is 28.4. The Bertz CT molecular complexity index is 370. The molecule has 0 saturated carbocycles. The molecular weight excluding hydrogens is 289 g/mol. The number of hydrogen-bond donors (Lipinski definition) is 0. The van der Waals surface area contributed by atoms with Crippen molar-refractivity contribution in [1.29, 1.82) is 0 Å². The average Bonchev–Trinajstić information content (AvgIpc) is 2.24. The van der Waals surface area contributed by atoms with Crippen LogP contribution >= 0.6 is 0 Å². The highest BCUT2D eigenvalue weighted by Crippen LogP contribution is 2.36. The number of amides is 1. The van der Waals surface area contributed by atoms with E-state index in [1.54, 1.807) is 20.8 Å². The van der Waals surface area contributed by atoms with Crippen molar-refractivity contribution in [2.75, 3.05) is 13.3 Å². The lowest BCUT2D eigenvalue weighted by molar-refractivity contribution is 0.0112. The Morgan fingerprint density at radius 1 is 1.19 bits per heavy atom. The predicted octanol–water partition coefficient (Wildman–Crippen LogP) is 4.69. The summed E-state index contributed by atoms with van der Waals surface area (Å²) in [5, 5.41) is 0.0442. The summed E-state index contributed by atoms with van der Waals surface area (Å²) in [6, 6.07) is 0. The summed E-state index contributed by atoms with van der Waals surface area (Å²) in [6.07, 6.45) is 1.18. The fraction of sp³-hybridized carbons (Fsp3) is 0.800. The van der Waals surface area contributed by atoms with Crippen LogP contribution in [0, 0.1) is 0 Å². The van der Waals surface area contributed by atoms with Gasteiger partial charge in [0, 0.05) is 6.54 Å². The van der Waals surface area contributed by atoms with Gasteiger partial charge < -0.3 is 9.16 Å². The molecule has 0 aromatic heterocycles. The Labute approximate surface area is 129 Å². The van der Waals surface area contributed by atoms with Crippen LogP contribution in [0.15, 0.2) is 12.4 Å². The van der Waals surface area contributed by atoms with Crippen LogP contribution in [0.4, 0.5) is 9.18 Å². The van der Waals surface area contributed by atoms with E-state index in [2.05, 4.69) is 33.9 Å². The Balaban J connectivity index is 4.83. The normalized spacial score (nSPS) is 13.6. The molecule has 0 atom stereocenters. The van der Waals surface area contributed by atoms with Gasteiger partial charge in [0.25, 0.3) is 0 Å². The summed E-state index contributed by atoms with van der Waals surface area (Å²) in [6.45, 7) is 16.2. The first-order valence-corrected chi connectivity index (χ1v) is 10.1. The zero-order valence-electron chi connectivity index (χ0n) is 14.6. The molecule has 6 heteroatoms. The fourth-order valence-electron chi connectivity index (χ4n) is 1.13. The topological polar surface area (TPSA) is 38.8 Å². The molecule has 1 amide bonds. The smallest absolute Gasteiger partial charge is 0.412 e. The molecule has 0 unspecified atom stereocenters. The zero-order valence-corrected chi connectivity index (χ0v) is 15.6. The second kappa shape index (κ2) is 7.40. The Hall–Kier alpha value is -0.883. The number of halogens is 1. The lowest BCUT2D eigenvalue weighted by Gasteiger charge is -2.38. The van der Waals surface area contributed by atoms with E-state index in [-0.39, 0.29) is 18.3 Å². The van der Waals surface area contributed by atoms with Crippen LogP contribution in [0.3, 0.4) is 0 Å². The van der Waals surface area contributed by atoms with E-state index in [1.165, 1.54) is 11.0 Å². The van der Waals surface area contributed by atoms with Crippen LogP contribution < -0.4 is 0 Å². The Morgan fingerprint density at radius 3 is 2.10 bits per heavy atom. The summed E-state index contributed by atoms with van der Waals surface area (Å²) >= 11 is 0. The second-order valence-electron chi connectivity index (χ2n) is 7.60. The van der Waals surface area contributed by atoms with Gasteiger partial charge in [0.1, 0.15) is 12.3 Å². The third-order valence-corrected chi connectivity index (χ3v) is 7.92. The minimum absolute atomic E-state index is 0.0442. The van der Waals surface area contributed by atoms with Crippen LogP contribution in [0.5, 0.6) is 0 Å². The lowest BCUT2D eigenvalue weighted by atomic mass is 10.2. The van der Waals surface area contributed by atoms with Crippen molar-refractivity contribution in [2.24, 2.45) is 0 Å². The Kier molecular flexibility index (Phi) is 7.09. The molecule has 0 aromatic carbocycles.